The predicted molar refractivity (Wildman–Crippen MR) is 106 cm³/mol. The molecule has 5 atom stereocenters. The maximum absolute atomic E-state index is 12.4. The van der Waals surface area contributed by atoms with E-state index in [4.69, 9.17) is 4.74 Å². The van der Waals surface area contributed by atoms with E-state index in [1.165, 1.54) is 29.3 Å². The summed E-state index contributed by atoms with van der Waals surface area (Å²) in [5.41, 5.74) is 3.96. The van der Waals surface area contributed by atoms with Gasteiger partial charge in [0.25, 0.3) is 0 Å². The maximum atomic E-state index is 12.4. The molecular formula is C21H27ClN2O3. The van der Waals surface area contributed by atoms with E-state index in [-0.39, 0.29) is 30.2 Å². The molecular weight excluding hydrogens is 364 g/mol. The van der Waals surface area contributed by atoms with Gasteiger partial charge in [-0.15, -0.1) is 12.4 Å². The first-order valence-electron chi connectivity index (χ1n) is 9.76. The van der Waals surface area contributed by atoms with Crippen molar-refractivity contribution in [2.24, 2.45) is 17.8 Å². The fourth-order valence-corrected chi connectivity index (χ4v) is 5.80. The minimum Gasteiger partial charge on any atom is -0.469 e. The lowest BCUT2D eigenvalue weighted by molar-refractivity contribution is -0.160. The molecule has 1 saturated heterocycles. The van der Waals surface area contributed by atoms with Crippen LogP contribution in [0.1, 0.15) is 36.6 Å². The van der Waals surface area contributed by atoms with Crippen LogP contribution in [0.5, 0.6) is 0 Å². The quantitative estimate of drug-likeness (QED) is 0.734. The average Bonchev–Trinajstić information content (AvgIpc) is 3.05. The van der Waals surface area contributed by atoms with E-state index in [0.717, 1.165) is 32.4 Å². The molecule has 0 unspecified atom stereocenters. The van der Waals surface area contributed by atoms with Crippen LogP contribution in [0.15, 0.2) is 24.3 Å². The van der Waals surface area contributed by atoms with Crippen molar-refractivity contribution in [3.05, 3.63) is 35.5 Å². The summed E-state index contributed by atoms with van der Waals surface area (Å²) in [5.74, 6) is 0.0541. The van der Waals surface area contributed by atoms with Crippen LogP contribution in [0.25, 0.3) is 10.9 Å². The number of fused-ring (bicyclic) bond motifs is 6. The van der Waals surface area contributed by atoms with Crippen LogP contribution in [0.4, 0.5) is 0 Å². The van der Waals surface area contributed by atoms with Crippen LogP contribution < -0.4 is 0 Å². The van der Waals surface area contributed by atoms with Gasteiger partial charge in [0.1, 0.15) is 0 Å². The Morgan fingerprint density at radius 1 is 1.30 bits per heavy atom. The molecule has 5 nitrogen and oxygen atoms in total. The Morgan fingerprint density at radius 2 is 2.11 bits per heavy atom. The van der Waals surface area contributed by atoms with E-state index >= 15 is 0 Å². The minimum atomic E-state index is -0.568. The number of methoxy groups -OCH3 is 1. The lowest BCUT2D eigenvalue weighted by atomic mass is 9.65. The zero-order chi connectivity index (χ0) is 17.8. The van der Waals surface area contributed by atoms with Crippen LogP contribution in [-0.2, 0) is 16.0 Å². The molecule has 5 rings (SSSR count). The summed E-state index contributed by atoms with van der Waals surface area (Å²) in [5, 5.41) is 11.8. The Hall–Kier alpha value is -1.56. The highest BCUT2D eigenvalue weighted by atomic mass is 35.5. The van der Waals surface area contributed by atoms with Gasteiger partial charge in [0.2, 0.25) is 0 Å². The normalized spacial score (nSPS) is 32.7. The number of H-pyrrole nitrogens is 1. The third-order valence-electron chi connectivity index (χ3n) is 7.02. The molecule has 2 aliphatic heterocycles. The Kier molecular flexibility index (Phi) is 4.95. The first-order chi connectivity index (χ1) is 12.7. The fourth-order valence-electron chi connectivity index (χ4n) is 5.80. The summed E-state index contributed by atoms with van der Waals surface area (Å²) >= 11 is 0. The molecule has 0 amide bonds. The van der Waals surface area contributed by atoms with Gasteiger partial charge in [0.15, 0.2) is 0 Å². The van der Waals surface area contributed by atoms with Gasteiger partial charge in [0.05, 0.1) is 25.2 Å². The minimum absolute atomic E-state index is 0. The van der Waals surface area contributed by atoms with Crippen LogP contribution in [0, 0.1) is 17.8 Å². The molecule has 0 radical (unpaired) electrons. The van der Waals surface area contributed by atoms with E-state index in [9.17, 15) is 9.90 Å². The number of piperidine rings is 1. The van der Waals surface area contributed by atoms with Crippen LogP contribution in [-0.4, -0.2) is 47.3 Å². The number of carbonyl (C=O) groups is 1. The molecule has 1 saturated carbocycles. The van der Waals surface area contributed by atoms with E-state index in [2.05, 4.69) is 34.1 Å². The van der Waals surface area contributed by atoms with Gasteiger partial charge in [-0.05, 0) is 49.1 Å². The number of aliphatic hydroxyl groups is 1. The number of esters is 1. The number of aromatic amines is 1. The van der Waals surface area contributed by atoms with Crippen molar-refractivity contribution < 1.29 is 14.6 Å². The smallest absolute Gasteiger partial charge is 0.311 e. The van der Waals surface area contributed by atoms with Gasteiger partial charge in [-0.3, -0.25) is 9.69 Å². The van der Waals surface area contributed by atoms with Crippen molar-refractivity contribution in [2.75, 3.05) is 20.2 Å². The molecule has 6 heteroatoms. The van der Waals surface area contributed by atoms with Crippen LogP contribution in [0.2, 0.25) is 0 Å². The van der Waals surface area contributed by atoms with Gasteiger partial charge >= 0.3 is 5.97 Å². The maximum Gasteiger partial charge on any atom is 0.311 e. The molecule has 1 aromatic heterocycles. The molecule has 1 aliphatic carbocycles. The molecule has 27 heavy (non-hydrogen) atoms. The number of rotatable bonds is 1. The molecule has 2 fully saturated rings. The topological polar surface area (TPSA) is 65.6 Å². The number of nitrogens with zero attached hydrogens (tertiary/aromatic N) is 1. The zero-order valence-electron chi connectivity index (χ0n) is 15.6. The van der Waals surface area contributed by atoms with Crippen molar-refractivity contribution in [1.82, 2.24) is 9.88 Å². The number of hydrogen-bond donors (Lipinski definition) is 2. The van der Waals surface area contributed by atoms with Gasteiger partial charge in [-0.2, -0.15) is 0 Å². The van der Waals surface area contributed by atoms with Gasteiger partial charge in [-0.1, -0.05) is 18.2 Å². The summed E-state index contributed by atoms with van der Waals surface area (Å²) in [4.78, 5) is 18.6. The molecule has 0 bridgehead atoms. The van der Waals surface area contributed by atoms with Crippen molar-refractivity contribution in [2.45, 2.75) is 37.8 Å². The number of halogens is 1. The van der Waals surface area contributed by atoms with Gasteiger partial charge in [-0.25, -0.2) is 0 Å². The summed E-state index contributed by atoms with van der Waals surface area (Å²) in [6, 6.07) is 8.83. The second-order valence-electron chi connectivity index (χ2n) is 8.18. The van der Waals surface area contributed by atoms with E-state index in [1.807, 2.05) is 0 Å². The molecule has 2 N–H and O–H groups in total. The highest BCUT2D eigenvalue weighted by Crippen LogP contribution is 2.49. The van der Waals surface area contributed by atoms with E-state index < -0.39 is 6.10 Å². The molecule has 3 aliphatic rings. The van der Waals surface area contributed by atoms with Crippen molar-refractivity contribution in [1.29, 1.82) is 0 Å². The number of hydrogen-bond acceptors (Lipinski definition) is 4. The number of carbonyl (C=O) groups excluding carboxylic acids is 1. The Bertz CT molecular complexity index is 851. The van der Waals surface area contributed by atoms with Gasteiger partial charge in [0, 0.05) is 29.7 Å². The zero-order valence-corrected chi connectivity index (χ0v) is 16.4. The predicted octanol–water partition coefficient (Wildman–Crippen LogP) is 3.07. The van der Waals surface area contributed by atoms with Crippen LogP contribution in [0.3, 0.4) is 0 Å². The number of para-hydroxylation sites is 1. The summed E-state index contributed by atoms with van der Waals surface area (Å²) < 4.78 is 5.04. The van der Waals surface area contributed by atoms with Crippen molar-refractivity contribution in [3.63, 3.8) is 0 Å². The molecule has 0 spiro atoms. The highest BCUT2D eigenvalue weighted by Gasteiger charge is 2.49. The second kappa shape index (κ2) is 7.12. The molecule has 3 heterocycles. The summed E-state index contributed by atoms with van der Waals surface area (Å²) in [6.45, 7) is 2.10. The summed E-state index contributed by atoms with van der Waals surface area (Å²) in [7, 11) is 1.43. The third-order valence-corrected chi connectivity index (χ3v) is 7.02. The van der Waals surface area contributed by atoms with Crippen LogP contribution >= 0.6 is 12.4 Å². The summed E-state index contributed by atoms with van der Waals surface area (Å²) in [6.07, 6.45) is 3.14. The second-order valence-corrected chi connectivity index (χ2v) is 8.18. The Morgan fingerprint density at radius 3 is 2.93 bits per heavy atom. The van der Waals surface area contributed by atoms with Crippen molar-refractivity contribution in [3.8, 4) is 0 Å². The Labute approximate surface area is 165 Å². The SMILES string of the molecule is COC(=O)[C@@H]1[C@H]2C[C@H]3c4[nH]c5ccccc5c4CCN3C[C@H]2CC[C@H]1O.Cl. The standard InChI is InChI=1S/C21H26N2O3.ClH/c1-26-21(25)19-15-10-17-20-14(13-4-2-3-5-16(13)22-20)8-9-23(17)11-12(15)6-7-18(19)24;/h2-5,12,15,17-19,22,24H,6-11H2,1H3;1H/t12-,15+,17+,18-,19-;/m1./s1. The molecule has 1 aromatic carbocycles. The first kappa shape index (κ1) is 18.8. The first-order valence-corrected chi connectivity index (χ1v) is 9.76. The molecule has 146 valence electrons. The lowest BCUT2D eigenvalue weighted by Gasteiger charge is -2.50. The van der Waals surface area contributed by atoms with Crippen molar-refractivity contribution >= 4 is 29.3 Å². The average molecular weight is 391 g/mol. The number of aliphatic hydroxyl groups excluding tert-OH is 1. The monoisotopic (exact) mass is 390 g/mol. The third kappa shape index (κ3) is 2.87. The number of benzene rings is 1. The van der Waals surface area contributed by atoms with E-state index in [0.29, 0.717) is 18.4 Å². The Balaban J connectivity index is 0.00000180. The van der Waals surface area contributed by atoms with E-state index in [1.54, 1.807) is 0 Å². The largest absolute Gasteiger partial charge is 0.469 e. The lowest BCUT2D eigenvalue weighted by Crippen LogP contribution is -2.53. The molecule has 2 aromatic rings. The number of nitrogens with one attached hydrogen (secondary N) is 1. The van der Waals surface area contributed by atoms with Gasteiger partial charge < -0.3 is 14.8 Å². The fraction of sp³-hybridized carbons (Fsp3) is 0.571. The highest BCUT2D eigenvalue weighted by molar-refractivity contribution is 5.85. The number of ether oxygens (including phenoxy) is 1. The number of aromatic nitrogens is 1.